The van der Waals surface area contributed by atoms with E-state index in [1.54, 1.807) is 19.2 Å². The molecule has 2 aromatic carbocycles. The molecule has 0 aliphatic carbocycles. The molecule has 0 amide bonds. The van der Waals surface area contributed by atoms with E-state index in [4.69, 9.17) is 0 Å². The fourth-order valence-electron chi connectivity index (χ4n) is 2.66. The van der Waals surface area contributed by atoms with Gasteiger partial charge in [-0.05, 0) is 31.1 Å². The molecule has 3 nitrogen and oxygen atoms in total. The van der Waals surface area contributed by atoms with Crippen LogP contribution < -0.4 is 14.8 Å². The number of rotatable bonds is 3. The largest absolute Gasteiger partial charge is 0.302 e. The fraction of sp³-hybridized carbons (Fsp3) is 0.143. The number of aryl methyl sites for hydroxylation is 2. The molecule has 0 saturated carbocycles. The Morgan fingerprint density at radius 1 is 1.08 bits per heavy atom. The summed E-state index contributed by atoms with van der Waals surface area (Å²) < 4.78 is 2.80. The molecule has 3 rings (SSSR count). The van der Waals surface area contributed by atoms with Crippen LogP contribution in [0.25, 0.3) is 12.2 Å². The molecule has 0 radical (unpaired) electrons. The molecule has 0 spiro atoms. The normalized spacial score (nSPS) is 12.6. The summed E-state index contributed by atoms with van der Waals surface area (Å²) >= 11 is 1.33. The molecule has 0 bridgehead atoms. The lowest BCUT2D eigenvalue weighted by Gasteiger charge is -1.99. The van der Waals surface area contributed by atoms with Gasteiger partial charge in [-0.1, -0.05) is 54.1 Å². The van der Waals surface area contributed by atoms with E-state index in [-0.39, 0.29) is 11.3 Å². The third-order valence-electron chi connectivity index (χ3n) is 4.07. The van der Waals surface area contributed by atoms with Crippen molar-refractivity contribution < 1.29 is 4.79 Å². The van der Waals surface area contributed by atoms with Crippen molar-refractivity contribution in [2.75, 3.05) is 0 Å². The molecule has 3 aromatic rings. The molecule has 0 N–H and O–H groups in total. The highest BCUT2D eigenvalue weighted by molar-refractivity contribution is 7.07. The van der Waals surface area contributed by atoms with Crippen molar-refractivity contribution in [3.05, 3.63) is 90.3 Å². The first-order valence-corrected chi connectivity index (χ1v) is 8.83. The third-order valence-corrected chi connectivity index (χ3v) is 5.18. The molecule has 1 heterocycles. The van der Waals surface area contributed by atoms with Gasteiger partial charge in [-0.3, -0.25) is 9.59 Å². The van der Waals surface area contributed by atoms with Gasteiger partial charge in [0, 0.05) is 18.7 Å². The predicted octanol–water partition coefficient (Wildman–Crippen LogP) is 2.56. The van der Waals surface area contributed by atoms with E-state index in [0.717, 1.165) is 16.7 Å². The van der Waals surface area contributed by atoms with Gasteiger partial charge in [0.1, 0.15) is 4.66 Å². The highest BCUT2D eigenvalue weighted by Crippen LogP contribution is 2.08. The molecule has 126 valence electrons. The van der Waals surface area contributed by atoms with Crippen molar-refractivity contribution in [2.24, 2.45) is 7.05 Å². The van der Waals surface area contributed by atoms with E-state index >= 15 is 0 Å². The number of carbonyl (C=O) groups is 1. The van der Waals surface area contributed by atoms with E-state index in [9.17, 15) is 9.59 Å². The minimum atomic E-state index is -0.0876. The smallest absolute Gasteiger partial charge is 0.268 e. The Kier molecular flexibility index (Phi) is 4.81. The van der Waals surface area contributed by atoms with E-state index < -0.39 is 0 Å². The van der Waals surface area contributed by atoms with Crippen molar-refractivity contribution in [1.29, 1.82) is 0 Å². The highest BCUT2D eigenvalue weighted by atomic mass is 32.1. The summed E-state index contributed by atoms with van der Waals surface area (Å²) in [4.78, 5) is 25.0. The van der Waals surface area contributed by atoms with Crippen LogP contribution in [-0.4, -0.2) is 10.4 Å². The molecule has 4 heteroatoms. The second-order valence-electron chi connectivity index (χ2n) is 6.05. The molecule has 0 atom stereocenters. The lowest BCUT2D eigenvalue weighted by atomic mass is 10.1. The Morgan fingerprint density at radius 3 is 2.56 bits per heavy atom. The summed E-state index contributed by atoms with van der Waals surface area (Å²) in [5.74, 6) is -0.0861. The number of thiazole rings is 1. The van der Waals surface area contributed by atoms with E-state index in [1.165, 1.54) is 15.9 Å². The zero-order valence-electron chi connectivity index (χ0n) is 14.4. The number of ketones is 1. The number of aromatic nitrogens is 1. The van der Waals surface area contributed by atoms with Crippen LogP contribution in [0.4, 0.5) is 0 Å². The van der Waals surface area contributed by atoms with Gasteiger partial charge in [-0.25, -0.2) is 0 Å². The van der Waals surface area contributed by atoms with Gasteiger partial charge in [0.15, 0.2) is 5.78 Å². The van der Waals surface area contributed by atoms with E-state index in [1.807, 2.05) is 62.4 Å². The average Bonchev–Trinajstić information content (AvgIpc) is 2.83. The van der Waals surface area contributed by atoms with Gasteiger partial charge >= 0.3 is 0 Å². The van der Waals surface area contributed by atoms with Crippen molar-refractivity contribution in [3.8, 4) is 0 Å². The van der Waals surface area contributed by atoms with Crippen molar-refractivity contribution >= 4 is 29.3 Å². The fourth-order valence-corrected chi connectivity index (χ4v) is 3.69. The van der Waals surface area contributed by atoms with E-state index in [2.05, 4.69) is 0 Å². The Morgan fingerprint density at radius 2 is 1.84 bits per heavy atom. The van der Waals surface area contributed by atoms with Crippen LogP contribution in [0.15, 0.2) is 53.3 Å². The number of hydrogen-bond donors (Lipinski definition) is 0. The second-order valence-corrected chi connectivity index (χ2v) is 7.11. The first-order valence-electron chi connectivity index (χ1n) is 8.01. The lowest BCUT2D eigenvalue weighted by molar-refractivity contribution is 0.106. The van der Waals surface area contributed by atoms with Gasteiger partial charge in [0.2, 0.25) is 0 Å². The zero-order valence-corrected chi connectivity index (χ0v) is 15.3. The number of benzene rings is 2. The number of carbonyl (C=O) groups excluding carboxylic acids is 1. The molecule has 0 aliphatic rings. The zero-order chi connectivity index (χ0) is 18.0. The molecule has 25 heavy (non-hydrogen) atoms. The van der Waals surface area contributed by atoms with Crippen LogP contribution in [0.2, 0.25) is 0 Å². The van der Waals surface area contributed by atoms with Crippen molar-refractivity contribution in [3.63, 3.8) is 0 Å². The van der Waals surface area contributed by atoms with Crippen LogP contribution in [0.3, 0.4) is 0 Å². The Hall–Kier alpha value is -2.72. The van der Waals surface area contributed by atoms with Crippen LogP contribution in [-0.2, 0) is 7.05 Å². The molecule has 0 saturated heterocycles. The maximum atomic E-state index is 12.5. The second kappa shape index (κ2) is 7.03. The Balaban J connectivity index is 2.09. The van der Waals surface area contributed by atoms with Crippen LogP contribution in [0.5, 0.6) is 0 Å². The van der Waals surface area contributed by atoms with Crippen LogP contribution in [0, 0.1) is 13.8 Å². The first kappa shape index (κ1) is 17.1. The van der Waals surface area contributed by atoms with Crippen molar-refractivity contribution in [2.45, 2.75) is 13.8 Å². The average molecular weight is 349 g/mol. The molecular formula is C21H19NO2S. The number of Topliss-reactive ketones (excluding diaryl/α,β-unsaturated/α-hetero) is 1. The number of nitrogens with zero attached hydrogens (tertiary/aromatic N) is 1. The van der Waals surface area contributed by atoms with Gasteiger partial charge < -0.3 is 4.57 Å². The first-order chi connectivity index (χ1) is 12.0. The summed E-state index contributed by atoms with van der Waals surface area (Å²) in [5.41, 5.74) is 3.62. The minimum absolute atomic E-state index is 0.0861. The minimum Gasteiger partial charge on any atom is -0.302 e. The maximum Gasteiger partial charge on any atom is 0.268 e. The molecule has 1 aromatic heterocycles. The maximum absolute atomic E-state index is 12.5. The quantitative estimate of drug-likeness (QED) is 0.682. The van der Waals surface area contributed by atoms with Gasteiger partial charge in [0.25, 0.3) is 5.56 Å². The standard InChI is InChI=1S/C21H19NO2S/c1-14-7-6-9-16(11-14)12-19-21(24)22(3)20(25-19)13-18(23)17-10-5-4-8-15(17)2/h4-13H,1-3H3/b19-12-,20-13-. The summed E-state index contributed by atoms with van der Waals surface area (Å²) in [6.45, 7) is 3.93. The van der Waals surface area contributed by atoms with Gasteiger partial charge in [-0.2, -0.15) is 0 Å². The predicted molar refractivity (Wildman–Crippen MR) is 104 cm³/mol. The van der Waals surface area contributed by atoms with Crippen LogP contribution in [0.1, 0.15) is 27.0 Å². The summed E-state index contributed by atoms with van der Waals surface area (Å²) in [7, 11) is 1.70. The molecule has 0 unspecified atom stereocenters. The summed E-state index contributed by atoms with van der Waals surface area (Å²) in [6, 6.07) is 15.4. The van der Waals surface area contributed by atoms with Crippen molar-refractivity contribution in [1.82, 2.24) is 4.57 Å². The van der Waals surface area contributed by atoms with Crippen LogP contribution >= 0.6 is 11.3 Å². The van der Waals surface area contributed by atoms with Gasteiger partial charge in [-0.15, -0.1) is 11.3 Å². The molecule has 0 fully saturated rings. The molecule has 0 aliphatic heterocycles. The highest BCUT2D eigenvalue weighted by Gasteiger charge is 2.07. The summed E-state index contributed by atoms with van der Waals surface area (Å²) in [6.07, 6.45) is 3.41. The topological polar surface area (TPSA) is 39.1 Å². The lowest BCUT2D eigenvalue weighted by Crippen LogP contribution is -2.29. The van der Waals surface area contributed by atoms with Gasteiger partial charge in [0.05, 0.1) is 4.53 Å². The van der Waals surface area contributed by atoms with E-state index in [0.29, 0.717) is 14.8 Å². The molecular weight excluding hydrogens is 330 g/mol. The SMILES string of the molecule is Cc1cccc(/C=c2\s/c(=C\C(=O)c3ccccc3C)n(C)c2=O)c1. The monoisotopic (exact) mass is 349 g/mol. The Labute approximate surface area is 150 Å². The Bertz CT molecular complexity index is 1120. The summed E-state index contributed by atoms with van der Waals surface area (Å²) in [5, 5.41) is 0. The number of hydrogen-bond acceptors (Lipinski definition) is 3. The third kappa shape index (κ3) is 3.69.